The first kappa shape index (κ1) is 17.8. The smallest absolute Gasteiger partial charge is 0.337 e. The van der Waals surface area contributed by atoms with Gasteiger partial charge in [-0.1, -0.05) is 17.8 Å². The van der Waals surface area contributed by atoms with Gasteiger partial charge in [-0.3, -0.25) is 4.79 Å². The fraction of sp³-hybridized carbons (Fsp3) is 0.353. The predicted octanol–water partition coefficient (Wildman–Crippen LogP) is 3.34. The molecule has 2 N–H and O–H groups in total. The summed E-state index contributed by atoms with van der Waals surface area (Å²) < 4.78 is 5.42. The minimum absolute atomic E-state index is 0.242. The summed E-state index contributed by atoms with van der Waals surface area (Å²) in [7, 11) is 0. The van der Waals surface area contributed by atoms with Crippen molar-refractivity contribution in [2.24, 2.45) is 0 Å². The summed E-state index contributed by atoms with van der Waals surface area (Å²) in [5.74, 6) is -0.419. The van der Waals surface area contributed by atoms with Crippen LogP contribution in [0.15, 0.2) is 38.7 Å². The number of fused-ring (bicyclic) bond motifs is 1. The van der Waals surface area contributed by atoms with Crippen LogP contribution in [0, 0.1) is 0 Å². The average molecular weight is 377 g/mol. The van der Waals surface area contributed by atoms with Gasteiger partial charge in [0.05, 0.1) is 23.2 Å². The summed E-state index contributed by atoms with van der Waals surface area (Å²) in [4.78, 5) is 33.6. The Labute approximate surface area is 153 Å². The molecule has 0 aliphatic carbocycles. The molecule has 3 rings (SSSR count). The van der Waals surface area contributed by atoms with Crippen LogP contribution in [0.5, 0.6) is 0 Å². The summed E-state index contributed by atoms with van der Waals surface area (Å²) in [6, 6.07) is 3.82. The van der Waals surface area contributed by atoms with Gasteiger partial charge in [-0.15, -0.1) is 11.3 Å². The van der Waals surface area contributed by atoms with Crippen molar-refractivity contribution in [1.29, 1.82) is 0 Å². The Morgan fingerprint density at radius 2 is 2.20 bits per heavy atom. The van der Waals surface area contributed by atoms with Crippen LogP contribution in [0.2, 0.25) is 0 Å². The number of thiophene rings is 1. The maximum atomic E-state index is 12.7. The number of thioether (sulfide) groups is 1. The molecular formula is C17H19N3O3S2. The Morgan fingerprint density at radius 1 is 1.44 bits per heavy atom. The van der Waals surface area contributed by atoms with Crippen molar-refractivity contribution in [2.75, 3.05) is 11.6 Å². The second-order valence-electron chi connectivity index (χ2n) is 5.90. The largest absolute Gasteiger partial charge is 0.460 e. The van der Waals surface area contributed by atoms with Crippen molar-refractivity contribution in [2.45, 2.75) is 37.9 Å². The Morgan fingerprint density at radius 3 is 2.80 bits per heavy atom. The molecule has 1 atom stereocenters. The number of aromatic nitrogens is 2. The number of carbonyl (C=O) groups excluding carboxylic acids is 1. The van der Waals surface area contributed by atoms with Crippen LogP contribution in [0.1, 0.15) is 37.1 Å². The molecule has 132 valence electrons. The number of hydrogen-bond donors (Lipinski definition) is 2. The number of aromatic amines is 1. The first-order valence-corrected chi connectivity index (χ1v) is 9.93. The minimum atomic E-state index is -0.491. The molecule has 0 spiro atoms. The number of allylic oxidation sites excluding steroid dienone is 1. The van der Waals surface area contributed by atoms with Crippen molar-refractivity contribution in [3.05, 3.63) is 49.6 Å². The maximum absolute atomic E-state index is 12.7. The quantitative estimate of drug-likeness (QED) is 0.483. The summed E-state index contributed by atoms with van der Waals surface area (Å²) in [6.45, 7) is 5.41. The number of carbonyl (C=O) groups is 1. The van der Waals surface area contributed by atoms with E-state index in [0.717, 1.165) is 4.88 Å². The second kappa shape index (κ2) is 7.05. The van der Waals surface area contributed by atoms with E-state index in [0.29, 0.717) is 27.8 Å². The van der Waals surface area contributed by atoms with Gasteiger partial charge in [0.15, 0.2) is 5.16 Å². The van der Waals surface area contributed by atoms with Crippen LogP contribution < -0.4 is 10.9 Å². The third kappa shape index (κ3) is 3.36. The number of nitrogens with one attached hydrogen (secondary N) is 2. The van der Waals surface area contributed by atoms with Crippen molar-refractivity contribution in [3.8, 4) is 0 Å². The Kier molecular flexibility index (Phi) is 5.01. The molecule has 1 aliphatic rings. The highest BCUT2D eigenvalue weighted by atomic mass is 32.2. The highest BCUT2D eigenvalue weighted by molar-refractivity contribution is 7.98. The molecule has 25 heavy (non-hydrogen) atoms. The zero-order valence-electron chi connectivity index (χ0n) is 14.4. The number of rotatable bonds is 4. The number of anilines is 1. The van der Waals surface area contributed by atoms with Crippen LogP contribution in [-0.2, 0) is 9.53 Å². The molecule has 0 saturated heterocycles. The third-order valence-corrected chi connectivity index (χ3v) is 5.32. The minimum Gasteiger partial charge on any atom is -0.460 e. The lowest BCUT2D eigenvalue weighted by atomic mass is 9.86. The average Bonchev–Trinajstić information content (AvgIpc) is 3.06. The molecule has 0 amide bonds. The Bertz CT molecular complexity index is 885. The SMILES string of the molecule is CSc1nc2c(c(=O)[nH]1)C(c1cccs1)C(C(=O)OC(C)C)=C(C)N2. The molecule has 0 bridgehead atoms. The number of H-pyrrole nitrogens is 1. The lowest BCUT2D eigenvalue weighted by molar-refractivity contribution is -0.142. The monoisotopic (exact) mass is 377 g/mol. The van der Waals surface area contributed by atoms with Crippen molar-refractivity contribution in [1.82, 2.24) is 9.97 Å². The molecule has 6 nitrogen and oxygen atoms in total. The highest BCUT2D eigenvalue weighted by Crippen LogP contribution is 2.41. The highest BCUT2D eigenvalue weighted by Gasteiger charge is 2.37. The lowest BCUT2D eigenvalue weighted by Crippen LogP contribution is -2.31. The van der Waals surface area contributed by atoms with E-state index in [9.17, 15) is 9.59 Å². The molecule has 2 aromatic heterocycles. The lowest BCUT2D eigenvalue weighted by Gasteiger charge is -2.28. The zero-order valence-corrected chi connectivity index (χ0v) is 16.0. The van der Waals surface area contributed by atoms with Crippen molar-refractivity contribution >= 4 is 34.9 Å². The molecule has 8 heteroatoms. The van der Waals surface area contributed by atoms with Gasteiger partial charge in [-0.05, 0) is 38.5 Å². The standard InChI is InChI=1S/C17H19N3O3S2/c1-8(2)23-16(22)11-9(3)18-14-13(12(11)10-6-5-7-25-10)15(21)20-17(19-14)24-4/h5-8,12H,1-4H3,(H2,18,19,20,21). The van der Waals surface area contributed by atoms with Gasteiger partial charge >= 0.3 is 5.97 Å². The Hall–Kier alpha value is -2.06. The van der Waals surface area contributed by atoms with Gasteiger partial charge < -0.3 is 15.0 Å². The van der Waals surface area contributed by atoms with Gasteiger partial charge in [0.25, 0.3) is 5.56 Å². The van der Waals surface area contributed by atoms with E-state index >= 15 is 0 Å². The zero-order chi connectivity index (χ0) is 18.1. The van der Waals surface area contributed by atoms with E-state index in [4.69, 9.17) is 4.74 Å². The van der Waals surface area contributed by atoms with E-state index in [1.54, 1.807) is 13.8 Å². The normalized spacial score (nSPS) is 16.6. The number of nitrogens with zero attached hydrogens (tertiary/aromatic N) is 1. The van der Waals surface area contributed by atoms with Gasteiger partial charge in [0.2, 0.25) is 0 Å². The van der Waals surface area contributed by atoms with E-state index in [1.165, 1.54) is 23.1 Å². The van der Waals surface area contributed by atoms with Crippen LogP contribution in [-0.4, -0.2) is 28.3 Å². The van der Waals surface area contributed by atoms with E-state index in [2.05, 4.69) is 15.3 Å². The van der Waals surface area contributed by atoms with Crippen LogP contribution >= 0.6 is 23.1 Å². The summed E-state index contributed by atoms with van der Waals surface area (Å²) in [5.41, 5.74) is 1.30. The molecule has 0 fully saturated rings. The molecule has 0 radical (unpaired) electrons. The first-order valence-electron chi connectivity index (χ1n) is 7.82. The number of esters is 1. The number of ether oxygens (including phenoxy) is 1. The first-order chi connectivity index (χ1) is 11.9. The van der Waals surface area contributed by atoms with Gasteiger partial charge in [0.1, 0.15) is 5.82 Å². The molecule has 0 aromatic carbocycles. The summed E-state index contributed by atoms with van der Waals surface area (Å²) >= 11 is 2.86. The van der Waals surface area contributed by atoms with E-state index in [1.807, 2.05) is 30.7 Å². The van der Waals surface area contributed by atoms with E-state index < -0.39 is 11.9 Å². The predicted molar refractivity (Wildman–Crippen MR) is 100 cm³/mol. The van der Waals surface area contributed by atoms with Gasteiger partial charge in [-0.2, -0.15) is 0 Å². The van der Waals surface area contributed by atoms with Gasteiger partial charge in [-0.25, -0.2) is 9.78 Å². The van der Waals surface area contributed by atoms with Gasteiger partial charge in [0, 0.05) is 10.6 Å². The fourth-order valence-corrected chi connectivity index (χ4v) is 4.04. The molecule has 1 unspecified atom stereocenters. The van der Waals surface area contributed by atoms with Crippen LogP contribution in [0.4, 0.5) is 5.82 Å². The van der Waals surface area contributed by atoms with Crippen molar-refractivity contribution in [3.63, 3.8) is 0 Å². The van der Waals surface area contributed by atoms with Crippen molar-refractivity contribution < 1.29 is 9.53 Å². The number of hydrogen-bond acceptors (Lipinski definition) is 7. The second-order valence-corrected chi connectivity index (χ2v) is 7.68. The van der Waals surface area contributed by atoms with Crippen LogP contribution in [0.3, 0.4) is 0 Å². The molecule has 2 aromatic rings. The summed E-state index contributed by atoms with van der Waals surface area (Å²) in [6.07, 6.45) is 1.60. The molecule has 3 heterocycles. The summed E-state index contributed by atoms with van der Waals surface area (Å²) in [5, 5.41) is 5.57. The van der Waals surface area contributed by atoms with Crippen LogP contribution in [0.25, 0.3) is 0 Å². The molecule has 0 saturated carbocycles. The Balaban J connectivity index is 2.20. The fourth-order valence-electron chi connectivity index (χ4n) is 2.82. The topological polar surface area (TPSA) is 84.1 Å². The molecular weight excluding hydrogens is 358 g/mol. The molecule has 1 aliphatic heterocycles. The van der Waals surface area contributed by atoms with E-state index in [-0.39, 0.29) is 11.7 Å². The third-order valence-electron chi connectivity index (χ3n) is 3.80. The maximum Gasteiger partial charge on any atom is 0.337 e.